The average molecular weight is 244 g/mol. The Hall–Kier alpha value is -1.26. The third-order valence-corrected chi connectivity index (χ3v) is 2.39. The molecule has 0 radical (unpaired) electrons. The first-order chi connectivity index (χ1) is 7.54. The lowest BCUT2D eigenvalue weighted by Gasteiger charge is -2.11. The van der Waals surface area contributed by atoms with Gasteiger partial charge in [0.25, 0.3) is 0 Å². The van der Waals surface area contributed by atoms with E-state index in [2.05, 4.69) is 0 Å². The van der Waals surface area contributed by atoms with Crippen LogP contribution in [0.15, 0.2) is 18.2 Å². The van der Waals surface area contributed by atoms with Gasteiger partial charge in [0.15, 0.2) is 0 Å². The maximum Gasteiger partial charge on any atom is 0.339 e. The third kappa shape index (κ3) is 3.40. The number of ether oxygens (including phenoxy) is 2. The molecule has 0 aliphatic heterocycles. The van der Waals surface area contributed by atoms with E-state index in [4.69, 9.17) is 26.8 Å². The number of nitrogen functional groups attached to an aromatic ring is 1. The largest absolute Gasteiger partial charge is 0.459 e. The van der Waals surface area contributed by atoms with Gasteiger partial charge in [0.2, 0.25) is 0 Å². The van der Waals surface area contributed by atoms with Crippen molar-refractivity contribution in [3.8, 4) is 0 Å². The molecular weight excluding hydrogens is 230 g/mol. The molecule has 1 aromatic carbocycles. The zero-order valence-electron chi connectivity index (χ0n) is 9.20. The lowest BCUT2D eigenvalue weighted by molar-refractivity contribution is 0.0169. The summed E-state index contributed by atoms with van der Waals surface area (Å²) in [6.07, 6.45) is -0.149. The SMILES string of the molecule is COC(C)COC(=O)c1cc(N)ccc1Cl. The topological polar surface area (TPSA) is 61.5 Å². The Morgan fingerprint density at radius 3 is 2.88 bits per heavy atom. The van der Waals surface area contributed by atoms with E-state index in [0.29, 0.717) is 10.7 Å². The predicted molar refractivity (Wildman–Crippen MR) is 62.6 cm³/mol. The molecule has 2 N–H and O–H groups in total. The number of esters is 1. The maximum atomic E-state index is 11.6. The van der Waals surface area contributed by atoms with Gasteiger partial charge < -0.3 is 15.2 Å². The molecule has 0 bridgehead atoms. The van der Waals surface area contributed by atoms with Gasteiger partial charge in [0, 0.05) is 12.8 Å². The van der Waals surface area contributed by atoms with Crippen molar-refractivity contribution < 1.29 is 14.3 Å². The molecule has 88 valence electrons. The number of carbonyl (C=O) groups is 1. The van der Waals surface area contributed by atoms with Crippen LogP contribution in [0.5, 0.6) is 0 Å². The van der Waals surface area contributed by atoms with Crippen molar-refractivity contribution in [2.45, 2.75) is 13.0 Å². The number of methoxy groups -OCH3 is 1. The summed E-state index contributed by atoms with van der Waals surface area (Å²) < 4.78 is 9.97. The summed E-state index contributed by atoms with van der Waals surface area (Å²) in [5.41, 5.74) is 6.29. The molecule has 1 aromatic rings. The quantitative estimate of drug-likeness (QED) is 0.650. The van der Waals surface area contributed by atoms with Crippen molar-refractivity contribution in [3.63, 3.8) is 0 Å². The van der Waals surface area contributed by atoms with Crippen molar-refractivity contribution in [1.82, 2.24) is 0 Å². The number of nitrogens with two attached hydrogens (primary N) is 1. The molecule has 0 aromatic heterocycles. The van der Waals surface area contributed by atoms with Gasteiger partial charge in [-0.15, -0.1) is 0 Å². The van der Waals surface area contributed by atoms with Crippen molar-refractivity contribution in [2.24, 2.45) is 0 Å². The molecule has 0 spiro atoms. The van der Waals surface area contributed by atoms with Crippen LogP contribution in [0, 0.1) is 0 Å². The average Bonchev–Trinajstić information content (AvgIpc) is 2.28. The van der Waals surface area contributed by atoms with Crippen LogP contribution in [0.25, 0.3) is 0 Å². The molecule has 0 saturated carbocycles. The van der Waals surface area contributed by atoms with E-state index in [1.165, 1.54) is 6.07 Å². The molecule has 0 aliphatic carbocycles. The molecule has 5 heteroatoms. The Bertz CT molecular complexity index is 381. The Kier molecular flexibility index (Phi) is 4.58. The summed E-state index contributed by atoms with van der Waals surface area (Å²) in [6, 6.07) is 4.67. The number of rotatable bonds is 4. The van der Waals surface area contributed by atoms with Crippen LogP contribution in [-0.2, 0) is 9.47 Å². The number of hydrogen-bond donors (Lipinski definition) is 1. The third-order valence-electron chi connectivity index (χ3n) is 2.06. The van der Waals surface area contributed by atoms with E-state index in [0.717, 1.165) is 0 Å². The van der Waals surface area contributed by atoms with Crippen LogP contribution >= 0.6 is 11.6 Å². The Labute approximate surface area is 99.3 Å². The number of hydrogen-bond acceptors (Lipinski definition) is 4. The Balaban J connectivity index is 2.69. The summed E-state index contributed by atoms with van der Waals surface area (Å²) in [4.78, 5) is 11.6. The Morgan fingerprint density at radius 2 is 2.25 bits per heavy atom. The molecule has 1 atom stereocenters. The molecular formula is C11H14ClNO3. The highest BCUT2D eigenvalue weighted by atomic mass is 35.5. The van der Waals surface area contributed by atoms with Crippen LogP contribution in [0.3, 0.4) is 0 Å². The van der Waals surface area contributed by atoms with E-state index in [1.54, 1.807) is 26.2 Å². The van der Waals surface area contributed by atoms with Crippen molar-refractivity contribution in [1.29, 1.82) is 0 Å². The van der Waals surface area contributed by atoms with Gasteiger partial charge >= 0.3 is 5.97 Å². The van der Waals surface area contributed by atoms with Crippen molar-refractivity contribution in [3.05, 3.63) is 28.8 Å². The lowest BCUT2D eigenvalue weighted by Crippen LogP contribution is -2.17. The van der Waals surface area contributed by atoms with Crippen molar-refractivity contribution >= 4 is 23.3 Å². The second-order valence-corrected chi connectivity index (χ2v) is 3.79. The highest BCUT2D eigenvalue weighted by molar-refractivity contribution is 6.33. The summed E-state index contributed by atoms with van der Waals surface area (Å²) in [7, 11) is 1.55. The fourth-order valence-corrected chi connectivity index (χ4v) is 1.23. The van der Waals surface area contributed by atoms with E-state index < -0.39 is 5.97 Å². The summed E-state index contributed by atoms with van der Waals surface area (Å²) >= 11 is 5.85. The fourth-order valence-electron chi connectivity index (χ4n) is 1.04. The van der Waals surface area contributed by atoms with E-state index >= 15 is 0 Å². The zero-order valence-corrected chi connectivity index (χ0v) is 9.95. The lowest BCUT2D eigenvalue weighted by atomic mass is 10.2. The smallest absolute Gasteiger partial charge is 0.339 e. The molecule has 1 unspecified atom stereocenters. The van der Waals surface area contributed by atoms with Gasteiger partial charge in [-0.1, -0.05) is 11.6 Å². The number of carbonyl (C=O) groups excluding carboxylic acids is 1. The molecule has 0 aliphatic rings. The molecule has 0 heterocycles. The first kappa shape index (κ1) is 12.8. The van der Waals surface area contributed by atoms with E-state index in [-0.39, 0.29) is 18.3 Å². The molecule has 0 amide bonds. The van der Waals surface area contributed by atoms with Gasteiger partial charge in [-0.2, -0.15) is 0 Å². The van der Waals surface area contributed by atoms with Gasteiger partial charge in [0.1, 0.15) is 6.61 Å². The molecule has 0 fully saturated rings. The zero-order chi connectivity index (χ0) is 12.1. The highest BCUT2D eigenvalue weighted by Crippen LogP contribution is 2.19. The van der Waals surface area contributed by atoms with E-state index in [9.17, 15) is 4.79 Å². The molecule has 16 heavy (non-hydrogen) atoms. The van der Waals surface area contributed by atoms with Crippen LogP contribution < -0.4 is 5.73 Å². The second kappa shape index (κ2) is 5.72. The molecule has 1 rings (SSSR count). The van der Waals surface area contributed by atoms with Crippen LogP contribution in [0.2, 0.25) is 5.02 Å². The first-order valence-electron chi connectivity index (χ1n) is 4.79. The minimum absolute atomic E-state index is 0.149. The van der Waals surface area contributed by atoms with Crippen LogP contribution in [0.1, 0.15) is 17.3 Å². The van der Waals surface area contributed by atoms with Gasteiger partial charge in [-0.25, -0.2) is 4.79 Å². The first-order valence-corrected chi connectivity index (χ1v) is 5.17. The number of anilines is 1. The molecule has 0 saturated heterocycles. The normalized spacial score (nSPS) is 12.2. The molecule has 4 nitrogen and oxygen atoms in total. The summed E-state index contributed by atoms with van der Waals surface area (Å²) in [5.74, 6) is -0.499. The maximum absolute atomic E-state index is 11.6. The van der Waals surface area contributed by atoms with Gasteiger partial charge in [-0.05, 0) is 25.1 Å². The summed E-state index contributed by atoms with van der Waals surface area (Å²) in [5, 5.41) is 0.323. The van der Waals surface area contributed by atoms with E-state index in [1.807, 2.05) is 0 Å². The minimum Gasteiger partial charge on any atom is -0.459 e. The van der Waals surface area contributed by atoms with Crippen LogP contribution in [0.4, 0.5) is 5.69 Å². The summed E-state index contributed by atoms with van der Waals surface area (Å²) in [6.45, 7) is 1.98. The highest BCUT2D eigenvalue weighted by Gasteiger charge is 2.13. The van der Waals surface area contributed by atoms with Gasteiger partial charge in [-0.3, -0.25) is 0 Å². The predicted octanol–water partition coefficient (Wildman–Crippen LogP) is 2.11. The fraction of sp³-hybridized carbons (Fsp3) is 0.364. The standard InChI is InChI=1S/C11H14ClNO3/c1-7(15-2)6-16-11(14)9-5-8(13)3-4-10(9)12/h3-5,7H,6,13H2,1-2H3. The monoisotopic (exact) mass is 243 g/mol. The number of halogens is 1. The van der Waals surface area contributed by atoms with Crippen LogP contribution in [-0.4, -0.2) is 25.8 Å². The number of benzene rings is 1. The minimum atomic E-state index is -0.499. The van der Waals surface area contributed by atoms with Crippen molar-refractivity contribution in [2.75, 3.05) is 19.5 Å². The second-order valence-electron chi connectivity index (χ2n) is 3.38. The van der Waals surface area contributed by atoms with Gasteiger partial charge in [0.05, 0.1) is 16.7 Å². The Morgan fingerprint density at radius 1 is 1.56 bits per heavy atom.